The molecule has 1 aromatic heterocycles. The van der Waals surface area contributed by atoms with Crippen molar-refractivity contribution in [3.05, 3.63) is 47.2 Å². The van der Waals surface area contributed by atoms with Gasteiger partial charge in [-0.05, 0) is 45.7 Å². The number of carbonyl (C=O) groups excluding carboxylic acids is 2. The number of benzene rings is 1. The summed E-state index contributed by atoms with van der Waals surface area (Å²) in [5.74, 6) is -1.81. The molecule has 1 N–H and O–H groups in total. The second-order valence-corrected chi connectivity index (χ2v) is 10.4. The fourth-order valence-corrected chi connectivity index (χ4v) is 3.75. The van der Waals surface area contributed by atoms with Gasteiger partial charge in [-0.1, -0.05) is 20.8 Å². The Morgan fingerprint density at radius 3 is 2.19 bits per heavy atom. The fraction of sp³-hybridized carbons (Fsp3) is 0.542. The average Bonchev–Trinajstić information content (AvgIpc) is 3.12. The molecular formula is C24H32F2N4O2. The number of rotatable bonds is 3. The predicted octanol–water partition coefficient (Wildman–Crippen LogP) is 4.70. The van der Waals surface area contributed by atoms with Gasteiger partial charge in [0, 0.05) is 36.6 Å². The number of anilines is 1. The molecule has 6 nitrogen and oxygen atoms in total. The number of hydrogen-bond acceptors (Lipinski definition) is 3. The molecule has 0 saturated carbocycles. The van der Waals surface area contributed by atoms with Gasteiger partial charge in [0.1, 0.15) is 17.5 Å². The summed E-state index contributed by atoms with van der Waals surface area (Å²) in [5.41, 5.74) is 0.279. The van der Waals surface area contributed by atoms with Gasteiger partial charge < -0.3 is 10.2 Å². The Morgan fingerprint density at radius 2 is 1.66 bits per heavy atom. The van der Waals surface area contributed by atoms with E-state index >= 15 is 0 Å². The van der Waals surface area contributed by atoms with Crippen molar-refractivity contribution < 1.29 is 18.4 Å². The van der Waals surface area contributed by atoms with E-state index in [1.54, 1.807) is 0 Å². The minimum absolute atomic E-state index is 0.115. The highest BCUT2D eigenvalue weighted by Crippen LogP contribution is 2.29. The molecule has 2 aromatic rings. The maximum atomic E-state index is 14.0. The van der Waals surface area contributed by atoms with Crippen LogP contribution in [0.25, 0.3) is 0 Å². The van der Waals surface area contributed by atoms with Crippen LogP contribution in [0.15, 0.2) is 24.3 Å². The second-order valence-electron chi connectivity index (χ2n) is 10.4. The zero-order valence-corrected chi connectivity index (χ0v) is 19.6. The normalized spacial score (nSPS) is 15.7. The summed E-state index contributed by atoms with van der Waals surface area (Å²) in [7, 11) is 0. The Labute approximate surface area is 188 Å². The van der Waals surface area contributed by atoms with Crippen molar-refractivity contribution in [3.8, 4) is 0 Å². The Bertz CT molecular complexity index is 1010. The van der Waals surface area contributed by atoms with Crippen molar-refractivity contribution >= 4 is 17.6 Å². The highest BCUT2D eigenvalue weighted by atomic mass is 19.1. The van der Waals surface area contributed by atoms with E-state index in [1.165, 1.54) is 4.90 Å². The zero-order valence-electron chi connectivity index (χ0n) is 19.6. The number of amides is 2. The Balaban J connectivity index is 1.67. The van der Waals surface area contributed by atoms with Crippen LogP contribution >= 0.6 is 0 Å². The summed E-state index contributed by atoms with van der Waals surface area (Å²) in [6.07, 6.45) is 0.937. The Hall–Kier alpha value is -2.77. The van der Waals surface area contributed by atoms with E-state index in [4.69, 9.17) is 5.10 Å². The monoisotopic (exact) mass is 446 g/mol. The average molecular weight is 447 g/mol. The molecule has 3 rings (SSSR count). The molecule has 1 saturated heterocycles. The van der Waals surface area contributed by atoms with E-state index in [9.17, 15) is 18.4 Å². The maximum Gasteiger partial charge on any atom is 0.256 e. The largest absolute Gasteiger partial charge is 0.339 e. The number of nitrogens with one attached hydrogen (secondary N) is 1. The van der Waals surface area contributed by atoms with Gasteiger partial charge in [0.2, 0.25) is 5.91 Å². The minimum Gasteiger partial charge on any atom is -0.339 e. The maximum absolute atomic E-state index is 14.0. The molecule has 32 heavy (non-hydrogen) atoms. The summed E-state index contributed by atoms with van der Waals surface area (Å²) < 4.78 is 28.9. The molecule has 8 heteroatoms. The third kappa shape index (κ3) is 5.16. The predicted molar refractivity (Wildman–Crippen MR) is 120 cm³/mol. The molecule has 0 spiro atoms. The van der Waals surface area contributed by atoms with Crippen molar-refractivity contribution in [1.29, 1.82) is 0 Å². The molecule has 1 aromatic carbocycles. The summed E-state index contributed by atoms with van der Waals surface area (Å²) >= 11 is 0. The molecule has 0 atom stereocenters. The molecule has 0 bridgehead atoms. The first-order chi connectivity index (χ1) is 14.8. The SMILES string of the molecule is CC(C)(C)c1cc(NC(=O)C2CCN(C(=O)c3ccc(F)cc3F)CC2)n(C(C)(C)C)n1. The van der Waals surface area contributed by atoms with E-state index in [-0.39, 0.29) is 28.3 Å². The van der Waals surface area contributed by atoms with E-state index < -0.39 is 17.5 Å². The van der Waals surface area contributed by atoms with Crippen molar-refractivity contribution in [2.45, 2.75) is 65.3 Å². The fourth-order valence-electron chi connectivity index (χ4n) is 3.75. The van der Waals surface area contributed by atoms with Crippen molar-refractivity contribution in [2.24, 2.45) is 5.92 Å². The van der Waals surface area contributed by atoms with Gasteiger partial charge in [-0.3, -0.25) is 9.59 Å². The molecule has 1 aliphatic heterocycles. The van der Waals surface area contributed by atoms with Crippen molar-refractivity contribution in [1.82, 2.24) is 14.7 Å². The zero-order chi connectivity index (χ0) is 23.8. The van der Waals surface area contributed by atoms with Gasteiger partial charge in [0.15, 0.2) is 0 Å². The molecule has 0 unspecified atom stereocenters. The van der Waals surface area contributed by atoms with Crippen LogP contribution in [0.1, 0.15) is 70.4 Å². The molecule has 1 fully saturated rings. The lowest BCUT2D eigenvalue weighted by molar-refractivity contribution is -0.121. The first-order valence-electron chi connectivity index (χ1n) is 10.9. The number of likely N-dealkylation sites (tertiary alicyclic amines) is 1. The first-order valence-corrected chi connectivity index (χ1v) is 10.9. The van der Waals surface area contributed by atoms with Crippen LogP contribution < -0.4 is 5.32 Å². The lowest BCUT2D eigenvalue weighted by Gasteiger charge is -2.31. The van der Waals surface area contributed by atoms with E-state index in [0.29, 0.717) is 37.8 Å². The van der Waals surface area contributed by atoms with Crippen molar-refractivity contribution in [2.75, 3.05) is 18.4 Å². The highest BCUT2D eigenvalue weighted by Gasteiger charge is 2.31. The van der Waals surface area contributed by atoms with Gasteiger partial charge in [-0.2, -0.15) is 5.10 Å². The van der Waals surface area contributed by atoms with Gasteiger partial charge in [0.05, 0.1) is 16.8 Å². The van der Waals surface area contributed by atoms with E-state index in [1.807, 2.05) is 31.5 Å². The third-order valence-corrected chi connectivity index (χ3v) is 5.68. The number of aromatic nitrogens is 2. The highest BCUT2D eigenvalue weighted by molar-refractivity contribution is 5.95. The topological polar surface area (TPSA) is 67.2 Å². The summed E-state index contributed by atoms with van der Waals surface area (Å²) in [6, 6.07) is 4.85. The Kier molecular flexibility index (Phi) is 6.45. The van der Waals surface area contributed by atoms with Crippen molar-refractivity contribution in [3.63, 3.8) is 0 Å². The van der Waals surface area contributed by atoms with Crippen LogP contribution in [0.4, 0.5) is 14.6 Å². The summed E-state index contributed by atoms with van der Waals surface area (Å²) in [5, 5.41) is 7.75. The molecule has 174 valence electrons. The summed E-state index contributed by atoms with van der Waals surface area (Å²) in [4.78, 5) is 27.1. The third-order valence-electron chi connectivity index (χ3n) is 5.68. The van der Waals surface area contributed by atoms with Gasteiger partial charge in [-0.25, -0.2) is 13.5 Å². The number of halogens is 2. The lowest BCUT2D eigenvalue weighted by Crippen LogP contribution is -2.42. The van der Waals surface area contributed by atoms with Crippen LogP contribution in [0.5, 0.6) is 0 Å². The standard InChI is InChI=1S/C24H32F2N4O2/c1-23(2,3)19-14-20(30(28-19)24(4,5)6)27-21(31)15-9-11-29(12-10-15)22(32)17-8-7-16(25)13-18(17)26/h7-8,13-15H,9-12H2,1-6H3,(H,27,31). The number of carbonyl (C=O) groups is 2. The van der Waals surface area contributed by atoms with Gasteiger partial charge >= 0.3 is 0 Å². The summed E-state index contributed by atoms with van der Waals surface area (Å²) in [6.45, 7) is 13.0. The second kappa shape index (κ2) is 8.64. The van der Waals surface area contributed by atoms with Crippen LogP contribution in [-0.2, 0) is 15.7 Å². The van der Waals surface area contributed by atoms with Gasteiger partial charge in [-0.15, -0.1) is 0 Å². The Morgan fingerprint density at radius 1 is 1.03 bits per heavy atom. The van der Waals surface area contributed by atoms with E-state index in [2.05, 4.69) is 26.1 Å². The van der Waals surface area contributed by atoms with E-state index in [0.717, 1.165) is 17.8 Å². The molecule has 2 heterocycles. The minimum atomic E-state index is -0.875. The number of nitrogens with zero attached hydrogens (tertiary/aromatic N) is 3. The number of piperidine rings is 1. The number of hydrogen-bond donors (Lipinski definition) is 1. The van der Waals surface area contributed by atoms with Gasteiger partial charge in [0.25, 0.3) is 5.91 Å². The molecule has 2 amide bonds. The molecule has 0 aliphatic carbocycles. The van der Waals surface area contributed by atoms with Crippen LogP contribution in [0.2, 0.25) is 0 Å². The van der Waals surface area contributed by atoms with Crippen LogP contribution in [0.3, 0.4) is 0 Å². The lowest BCUT2D eigenvalue weighted by atomic mass is 9.92. The molecule has 1 aliphatic rings. The molecule has 0 radical (unpaired) electrons. The first kappa shape index (κ1) is 23.9. The quantitative estimate of drug-likeness (QED) is 0.743. The van der Waals surface area contributed by atoms with Crippen LogP contribution in [-0.4, -0.2) is 39.6 Å². The van der Waals surface area contributed by atoms with Crippen LogP contribution in [0, 0.1) is 17.6 Å². The molecular weight excluding hydrogens is 414 g/mol. The smallest absolute Gasteiger partial charge is 0.256 e.